The molecule has 1 saturated heterocycles. The summed E-state index contributed by atoms with van der Waals surface area (Å²) in [6.45, 7) is 0.0555. The van der Waals surface area contributed by atoms with E-state index in [2.05, 4.69) is 26.0 Å². The molecule has 1 fully saturated rings. The Labute approximate surface area is 115 Å². The average molecular weight is 343 g/mol. The number of terminal acetylenes is 1. The van der Waals surface area contributed by atoms with E-state index in [1.54, 1.807) is 0 Å². The lowest BCUT2D eigenvalue weighted by Gasteiger charge is -2.16. The summed E-state index contributed by atoms with van der Waals surface area (Å²) < 4.78 is 36.7. The van der Waals surface area contributed by atoms with Gasteiger partial charge in [0.1, 0.15) is 12.7 Å². The highest BCUT2D eigenvalue weighted by molar-refractivity contribution is 9.09. The highest BCUT2D eigenvalue weighted by Crippen LogP contribution is 2.30. The average Bonchev–Trinajstić information content (AvgIpc) is 2.51. The van der Waals surface area contributed by atoms with Gasteiger partial charge >= 0.3 is 0 Å². The van der Waals surface area contributed by atoms with Crippen LogP contribution in [0.2, 0.25) is 0 Å². The van der Waals surface area contributed by atoms with Gasteiger partial charge in [0.15, 0.2) is 6.29 Å². The molecule has 104 valence electrons. The quantitative estimate of drug-likeness (QED) is 0.410. The van der Waals surface area contributed by atoms with Crippen LogP contribution in [0.15, 0.2) is 0 Å². The van der Waals surface area contributed by atoms with Crippen molar-refractivity contribution in [1.29, 1.82) is 0 Å². The van der Waals surface area contributed by atoms with E-state index < -0.39 is 28.6 Å². The lowest BCUT2D eigenvalue weighted by molar-refractivity contribution is -0.139. The Kier molecular flexibility index (Phi) is 6.04. The summed E-state index contributed by atoms with van der Waals surface area (Å²) in [5.41, 5.74) is 0. The molecule has 1 aliphatic rings. The second kappa shape index (κ2) is 6.84. The molecule has 0 aromatic rings. The Hall–Kier alpha value is -0.170. The number of ether oxygens (including phenoxy) is 2. The summed E-state index contributed by atoms with van der Waals surface area (Å²) in [6, 6.07) is 0. The molecule has 0 aliphatic carbocycles. The zero-order valence-electron chi connectivity index (χ0n) is 9.78. The van der Waals surface area contributed by atoms with Gasteiger partial charge in [0.25, 0.3) is 10.1 Å². The summed E-state index contributed by atoms with van der Waals surface area (Å²) in [7, 11) is -3.47. The van der Waals surface area contributed by atoms with Gasteiger partial charge in [-0.25, -0.2) is 0 Å². The van der Waals surface area contributed by atoms with Crippen molar-refractivity contribution in [3.63, 3.8) is 0 Å². The third kappa shape index (κ3) is 4.84. The van der Waals surface area contributed by atoms with Crippen molar-refractivity contribution in [2.45, 2.75) is 29.7 Å². The van der Waals surface area contributed by atoms with E-state index in [1.165, 1.54) is 0 Å². The van der Waals surface area contributed by atoms with Gasteiger partial charge in [-0.15, -0.1) is 6.42 Å². The Morgan fingerprint density at radius 2 is 2.22 bits per heavy atom. The normalized spacial score (nSPS) is 32.3. The number of rotatable bonds is 6. The van der Waals surface area contributed by atoms with Crippen LogP contribution < -0.4 is 0 Å². The van der Waals surface area contributed by atoms with Crippen molar-refractivity contribution in [2.24, 2.45) is 0 Å². The number of hydrogen-bond donors (Lipinski definition) is 1. The number of alkyl halides is 1. The van der Waals surface area contributed by atoms with Crippen molar-refractivity contribution in [3.8, 4) is 12.3 Å². The zero-order chi connectivity index (χ0) is 13.8. The van der Waals surface area contributed by atoms with Gasteiger partial charge in [0, 0.05) is 0 Å². The second-order valence-electron chi connectivity index (χ2n) is 3.80. The minimum absolute atomic E-state index is 0.0137. The minimum Gasteiger partial charge on any atom is -0.366 e. The SMILES string of the molecule is C#CCO[C@@H]1[C@@H](Br)[C@H](CCOS(C)(=O)=O)O[C@H]1O. The second-order valence-corrected chi connectivity index (χ2v) is 6.51. The van der Waals surface area contributed by atoms with E-state index in [4.69, 9.17) is 15.9 Å². The van der Waals surface area contributed by atoms with Crippen molar-refractivity contribution in [3.05, 3.63) is 0 Å². The molecule has 6 nitrogen and oxygen atoms in total. The van der Waals surface area contributed by atoms with E-state index in [-0.39, 0.29) is 18.0 Å². The summed E-state index contributed by atoms with van der Waals surface area (Å²) in [5, 5.41) is 9.61. The molecule has 0 spiro atoms. The predicted octanol–water partition coefficient (Wildman–Crippen LogP) is -0.148. The fraction of sp³-hybridized carbons (Fsp3) is 0.800. The van der Waals surface area contributed by atoms with Gasteiger partial charge in [0.2, 0.25) is 0 Å². The van der Waals surface area contributed by atoms with E-state index >= 15 is 0 Å². The lowest BCUT2D eigenvalue weighted by atomic mass is 10.1. The molecule has 0 saturated carbocycles. The Morgan fingerprint density at radius 1 is 1.56 bits per heavy atom. The molecule has 18 heavy (non-hydrogen) atoms. The van der Waals surface area contributed by atoms with Gasteiger partial charge in [-0.05, 0) is 6.42 Å². The van der Waals surface area contributed by atoms with Crippen LogP contribution in [0, 0.1) is 12.3 Å². The lowest BCUT2D eigenvalue weighted by Crippen LogP contribution is -2.31. The molecule has 1 rings (SSSR count). The first kappa shape index (κ1) is 15.9. The van der Waals surface area contributed by atoms with Gasteiger partial charge in [-0.1, -0.05) is 21.9 Å². The van der Waals surface area contributed by atoms with Gasteiger partial charge in [-0.2, -0.15) is 8.42 Å². The molecule has 0 amide bonds. The molecule has 8 heteroatoms. The molecule has 0 radical (unpaired) electrons. The van der Waals surface area contributed by atoms with Crippen LogP contribution in [0.1, 0.15) is 6.42 Å². The number of aliphatic hydroxyl groups excluding tert-OH is 1. The number of hydrogen-bond acceptors (Lipinski definition) is 6. The van der Waals surface area contributed by atoms with Crippen LogP contribution in [0.3, 0.4) is 0 Å². The van der Waals surface area contributed by atoms with Crippen LogP contribution in [-0.2, 0) is 23.8 Å². The molecule has 0 aromatic heterocycles. The largest absolute Gasteiger partial charge is 0.366 e. The molecule has 0 aromatic carbocycles. The maximum Gasteiger partial charge on any atom is 0.264 e. The number of halogens is 1. The Morgan fingerprint density at radius 3 is 2.78 bits per heavy atom. The predicted molar refractivity (Wildman–Crippen MR) is 67.6 cm³/mol. The van der Waals surface area contributed by atoms with Crippen LogP contribution >= 0.6 is 15.9 Å². The summed E-state index contributed by atoms with van der Waals surface area (Å²) in [4.78, 5) is -0.274. The van der Waals surface area contributed by atoms with Gasteiger partial charge < -0.3 is 14.6 Å². The third-order valence-electron chi connectivity index (χ3n) is 2.32. The molecular formula is C10H15BrO6S. The molecule has 1 N–H and O–H groups in total. The third-order valence-corrected chi connectivity index (χ3v) is 4.03. The molecule has 1 aliphatic heterocycles. The van der Waals surface area contributed by atoms with Crippen LogP contribution in [0.25, 0.3) is 0 Å². The highest BCUT2D eigenvalue weighted by Gasteiger charge is 2.42. The standard InChI is InChI=1S/C10H15BrO6S/c1-3-5-15-9-8(11)7(17-10(9)12)4-6-16-18(2,13)14/h1,7-10,12H,4-6H2,2H3/t7-,8-,9+,10+/m0/s1. The van der Waals surface area contributed by atoms with Crippen molar-refractivity contribution in [1.82, 2.24) is 0 Å². The van der Waals surface area contributed by atoms with Crippen molar-refractivity contribution >= 4 is 26.0 Å². The zero-order valence-corrected chi connectivity index (χ0v) is 12.2. The van der Waals surface area contributed by atoms with Crippen molar-refractivity contribution < 1.29 is 27.2 Å². The van der Waals surface area contributed by atoms with Gasteiger partial charge in [0.05, 0.1) is 23.8 Å². The molecule has 0 bridgehead atoms. The fourth-order valence-electron chi connectivity index (χ4n) is 1.56. The van der Waals surface area contributed by atoms with E-state index in [0.29, 0.717) is 6.42 Å². The van der Waals surface area contributed by atoms with Crippen LogP contribution in [0.5, 0.6) is 0 Å². The fourth-order valence-corrected chi connectivity index (χ4v) is 2.76. The number of aliphatic hydroxyl groups is 1. The highest BCUT2D eigenvalue weighted by atomic mass is 79.9. The molecular weight excluding hydrogens is 328 g/mol. The topological polar surface area (TPSA) is 82.1 Å². The monoisotopic (exact) mass is 342 g/mol. The maximum absolute atomic E-state index is 10.8. The summed E-state index contributed by atoms with van der Waals surface area (Å²) in [6.07, 6.45) is 4.28. The van der Waals surface area contributed by atoms with Crippen molar-refractivity contribution in [2.75, 3.05) is 19.5 Å². The summed E-state index contributed by atoms with van der Waals surface area (Å²) in [5.74, 6) is 2.30. The van der Waals surface area contributed by atoms with E-state index in [9.17, 15) is 13.5 Å². The smallest absolute Gasteiger partial charge is 0.264 e. The van der Waals surface area contributed by atoms with E-state index in [1.807, 2.05) is 0 Å². The summed E-state index contributed by atoms with van der Waals surface area (Å²) >= 11 is 3.34. The first-order valence-corrected chi connectivity index (χ1v) is 7.95. The minimum atomic E-state index is -3.47. The molecule has 1 heterocycles. The maximum atomic E-state index is 10.8. The molecule has 4 atom stereocenters. The van der Waals surface area contributed by atoms with Gasteiger partial charge in [-0.3, -0.25) is 4.18 Å². The Bertz CT molecular complexity index is 403. The van der Waals surface area contributed by atoms with Crippen LogP contribution in [-0.4, -0.2) is 56.3 Å². The first-order chi connectivity index (χ1) is 8.35. The molecule has 0 unspecified atom stereocenters. The van der Waals surface area contributed by atoms with E-state index in [0.717, 1.165) is 6.26 Å². The Balaban J connectivity index is 2.42. The first-order valence-electron chi connectivity index (χ1n) is 5.22. The van der Waals surface area contributed by atoms with Crippen LogP contribution in [0.4, 0.5) is 0 Å².